The molecule has 0 heterocycles. The van der Waals surface area contributed by atoms with Crippen LogP contribution in [0.3, 0.4) is 0 Å². The first-order valence-electron chi connectivity index (χ1n) is 9.06. The van der Waals surface area contributed by atoms with E-state index < -0.39 is 33.8 Å². The van der Waals surface area contributed by atoms with E-state index >= 15 is 0 Å². The van der Waals surface area contributed by atoms with Gasteiger partial charge in [-0.15, -0.1) is 0 Å². The number of rotatable bonds is 8. The smallest absolute Gasteiger partial charge is 0.338 e. The highest BCUT2D eigenvalue weighted by atomic mass is 32.2. The van der Waals surface area contributed by atoms with Crippen molar-refractivity contribution >= 4 is 27.6 Å². The molecule has 0 saturated heterocycles. The quantitative estimate of drug-likeness (QED) is 0.660. The normalized spacial score (nSPS) is 12.4. The number of hydrogen-bond donors (Lipinski definition) is 1. The number of halogens is 1. The Hall–Kier alpha value is -2.78. The number of nitrogens with zero attached hydrogens (tertiary/aromatic N) is 1. The maximum atomic E-state index is 12.9. The molecule has 156 valence electrons. The molecule has 2 rings (SSSR count). The van der Waals surface area contributed by atoms with Gasteiger partial charge in [-0.2, -0.15) is 4.31 Å². The molecular formula is C20H23FN2O5S. The number of esters is 1. The largest absolute Gasteiger partial charge is 0.449 e. The molecule has 0 spiro atoms. The van der Waals surface area contributed by atoms with Gasteiger partial charge in [-0.1, -0.05) is 13.8 Å². The molecular weight excluding hydrogens is 399 g/mol. The molecule has 0 bridgehead atoms. The summed E-state index contributed by atoms with van der Waals surface area (Å²) >= 11 is 0. The molecule has 7 nitrogen and oxygen atoms in total. The number of nitrogens with one attached hydrogen (secondary N) is 1. The Labute approximate surface area is 169 Å². The Kier molecular flexibility index (Phi) is 7.46. The van der Waals surface area contributed by atoms with Crippen LogP contribution in [0.1, 0.15) is 31.1 Å². The van der Waals surface area contributed by atoms with Crippen molar-refractivity contribution in [1.29, 1.82) is 0 Å². The molecule has 0 saturated carbocycles. The average molecular weight is 422 g/mol. The minimum atomic E-state index is -3.63. The highest BCUT2D eigenvalue weighted by molar-refractivity contribution is 7.89. The van der Waals surface area contributed by atoms with Crippen LogP contribution >= 0.6 is 0 Å². The van der Waals surface area contributed by atoms with Crippen molar-refractivity contribution in [3.63, 3.8) is 0 Å². The number of carbonyl (C=O) groups is 2. The lowest BCUT2D eigenvalue weighted by Crippen LogP contribution is -2.31. The van der Waals surface area contributed by atoms with Crippen molar-refractivity contribution in [3.05, 3.63) is 59.9 Å². The van der Waals surface area contributed by atoms with Crippen LogP contribution in [0.4, 0.5) is 10.1 Å². The predicted octanol–water partition coefficient (Wildman–Crippen LogP) is 3.04. The third-order valence-electron chi connectivity index (χ3n) is 4.20. The summed E-state index contributed by atoms with van der Waals surface area (Å²) in [6, 6.07) is 10.5. The van der Waals surface area contributed by atoms with E-state index in [1.807, 2.05) is 0 Å². The zero-order chi connectivity index (χ0) is 21.6. The van der Waals surface area contributed by atoms with Gasteiger partial charge in [0.1, 0.15) is 5.82 Å². The van der Waals surface area contributed by atoms with Crippen LogP contribution in [0, 0.1) is 5.82 Å². The highest BCUT2D eigenvalue weighted by Crippen LogP contribution is 2.17. The molecule has 9 heteroatoms. The van der Waals surface area contributed by atoms with Gasteiger partial charge in [0.05, 0.1) is 10.5 Å². The van der Waals surface area contributed by atoms with Gasteiger partial charge in [0.2, 0.25) is 10.0 Å². The zero-order valence-corrected chi connectivity index (χ0v) is 17.2. The fraction of sp³-hybridized carbons (Fsp3) is 0.300. The van der Waals surface area contributed by atoms with Crippen LogP contribution in [0.15, 0.2) is 53.4 Å². The molecule has 1 atom stereocenters. The average Bonchev–Trinajstić information content (AvgIpc) is 2.70. The van der Waals surface area contributed by atoms with Gasteiger partial charge in [-0.3, -0.25) is 4.79 Å². The monoisotopic (exact) mass is 422 g/mol. The molecule has 2 aromatic rings. The van der Waals surface area contributed by atoms with Gasteiger partial charge < -0.3 is 10.1 Å². The molecule has 0 radical (unpaired) electrons. The summed E-state index contributed by atoms with van der Waals surface area (Å²) in [7, 11) is -3.63. The Morgan fingerprint density at radius 1 is 1.03 bits per heavy atom. The van der Waals surface area contributed by atoms with Gasteiger partial charge in [0, 0.05) is 18.8 Å². The second-order valence-electron chi connectivity index (χ2n) is 6.16. The Bertz CT molecular complexity index is 955. The van der Waals surface area contributed by atoms with Gasteiger partial charge in [-0.25, -0.2) is 17.6 Å². The maximum absolute atomic E-state index is 12.9. The summed E-state index contributed by atoms with van der Waals surface area (Å²) < 4.78 is 44.3. The number of hydrogen-bond acceptors (Lipinski definition) is 5. The number of benzene rings is 2. The second kappa shape index (κ2) is 9.62. The molecule has 29 heavy (non-hydrogen) atoms. The van der Waals surface area contributed by atoms with Crippen LogP contribution in [0.25, 0.3) is 0 Å². The minimum absolute atomic E-state index is 0.0693. The van der Waals surface area contributed by atoms with Crippen molar-refractivity contribution in [2.75, 3.05) is 18.4 Å². The fourth-order valence-electron chi connectivity index (χ4n) is 2.53. The summed E-state index contributed by atoms with van der Waals surface area (Å²) in [6.07, 6.45) is -1.10. The van der Waals surface area contributed by atoms with Crippen LogP contribution in [-0.4, -0.2) is 43.8 Å². The standard InChI is InChI=1S/C20H23FN2O5S/c1-4-23(5-2)29(26,27)18-12-6-15(7-13-18)20(25)28-14(3)19(24)22-17-10-8-16(21)9-11-17/h6-14H,4-5H2,1-3H3,(H,22,24)/t14-/m1/s1. The molecule has 2 aromatic carbocycles. The molecule has 0 unspecified atom stereocenters. The Balaban J connectivity index is 2.03. The number of sulfonamides is 1. The van der Waals surface area contributed by atoms with Crippen molar-refractivity contribution in [1.82, 2.24) is 4.31 Å². The first kappa shape index (κ1) is 22.5. The molecule has 0 aliphatic carbocycles. The van der Waals surface area contributed by atoms with Crippen LogP contribution < -0.4 is 5.32 Å². The first-order valence-corrected chi connectivity index (χ1v) is 10.5. The number of carbonyl (C=O) groups excluding carboxylic acids is 2. The Morgan fingerprint density at radius 2 is 1.59 bits per heavy atom. The lowest BCUT2D eigenvalue weighted by molar-refractivity contribution is -0.123. The van der Waals surface area contributed by atoms with E-state index in [0.717, 1.165) is 0 Å². The van der Waals surface area contributed by atoms with Gasteiger partial charge in [-0.05, 0) is 55.5 Å². The fourth-order valence-corrected chi connectivity index (χ4v) is 3.99. The van der Waals surface area contributed by atoms with E-state index in [2.05, 4.69) is 5.32 Å². The van der Waals surface area contributed by atoms with E-state index in [4.69, 9.17) is 4.74 Å². The zero-order valence-electron chi connectivity index (χ0n) is 16.4. The number of anilines is 1. The van der Waals surface area contributed by atoms with E-state index in [1.54, 1.807) is 13.8 Å². The van der Waals surface area contributed by atoms with Crippen molar-refractivity contribution < 1.29 is 27.1 Å². The number of amides is 1. The van der Waals surface area contributed by atoms with Gasteiger partial charge in [0.25, 0.3) is 5.91 Å². The molecule has 0 aliphatic rings. The lowest BCUT2D eigenvalue weighted by Gasteiger charge is -2.18. The summed E-state index contributed by atoms with van der Waals surface area (Å²) in [4.78, 5) is 24.4. The van der Waals surface area contributed by atoms with Gasteiger partial charge in [0.15, 0.2) is 6.10 Å². The van der Waals surface area contributed by atoms with E-state index in [-0.39, 0.29) is 10.5 Å². The third-order valence-corrected chi connectivity index (χ3v) is 6.26. The van der Waals surface area contributed by atoms with E-state index in [1.165, 1.54) is 59.8 Å². The summed E-state index contributed by atoms with van der Waals surface area (Å²) in [6.45, 7) is 5.55. The SMILES string of the molecule is CCN(CC)S(=O)(=O)c1ccc(C(=O)O[C@H](C)C(=O)Nc2ccc(F)cc2)cc1. The molecule has 1 N–H and O–H groups in total. The van der Waals surface area contributed by atoms with Crippen molar-refractivity contribution in [2.45, 2.75) is 31.8 Å². The van der Waals surface area contributed by atoms with Crippen molar-refractivity contribution in [2.24, 2.45) is 0 Å². The van der Waals surface area contributed by atoms with Crippen molar-refractivity contribution in [3.8, 4) is 0 Å². The molecule has 0 fully saturated rings. The predicted molar refractivity (Wildman–Crippen MR) is 106 cm³/mol. The lowest BCUT2D eigenvalue weighted by atomic mass is 10.2. The summed E-state index contributed by atoms with van der Waals surface area (Å²) in [5.41, 5.74) is 0.482. The van der Waals surface area contributed by atoms with Crippen LogP contribution in [0.2, 0.25) is 0 Å². The number of ether oxygens (including phenoxy) is 1. The molecule has 0 aromatic heterocycles. The Morgan fingerprint density at radius 3 is 2.10 bits per heavy atom. The highest BCUT2D eigenvalue weighted by Gasteiger charge is 2.23. The minimum Gasteiger partial charge on any atom is -0.449 e. The van der Waals surface area contributed by atoms with E-state index in [9.17, 15) is 22.4 Å². The first-order chi connectivity index (χ1) is 13.7. The summed E-state index contributed by atoms with van der Waals surface area (Å²) in [5.74, 6) is -1.78. The molecule has 0 aliphatic heterocycles. The van der Waals surface area contributed by atoms with E-state index in [0.29, 0.717) is 18.8 Å². The maximum Gasteiger partial charge on any atom is 0.338 e. The molecule has 1 amide bonds. The summed E-state index contributed by atoms with van der Waals surface area (Å²) in [5, 5.41) is 2.51. The topological polar surface area (TPSA) is 92.8 Å². The second-order valence-corrected chi connectivity index (χ2v) is 8.10. The van der Waals surface area contributed by atoms with Crippen LogP contribution in [-0.2, 0) is 19.6 Å². The third kappa shape index (κ3) is 5.61. The van der Waals surface area contributed by atoms with Crippen LogP contribution in [0.5, 0.6) is 0 Å². The van der Waals surface area contributed by atoms with Gasteiger partial charge >= 0.3 is 5.97 Å².